The van der Waals surface area contributed by atoms with Crippen LogP contribution < -0.4 is 4.90 Å². The van der Waals surface area contributed by atoms with Crippen molar-refractivity contribution in [3.05, 3.63) is 29.6 Å². The normalized spacial score (nSPS) is 24.7. The number of anilines is 1. The van der Waals surface area contributed by atoms with Gasteiger partial charge in [-0.1, -0.05) is 6.07 Å². The lowest BCUT2D eigenvalue weighted by molar-refractivity contribution is -0.144. The highest BCUT2D eigenvalue weighted by Gasteiger charge is 2.35. The third kappa shape index (κ3) is 2.52. The quantitative estimate of drug-likeness (QED) is 0.911. The van der Waals surface area contributed by atoms with Gasteiger partial charge in [-0.3, -0.25) is 9.59 Å². The maximum atomic E-state index is 13.7. The molecule has 0 aromatic heterocycles. The number of nitrogens with zero attached hydrogens (tertiary/aromatic N) is 1. The van der Waals surface area contributed by atoms with Crippen molar-refractivity contribution >= 4 is 17.6 Å². The number of hydrogen-bond donors (Lipinski definition) is 1. The van der Waals surface area contributed by atoms with Gasteiger partial charge >= 0.3 is 5.97 Å². The Morgan fingerprint density at radius 1 is 1.14 bits per heavy atom. The van der Waals surface area contributed by atoms with Gasteiger partial charge in [0.1, 0.15) is 5.82 Å². The van der Waals surface area contributed by atoms with Gasteiger partial charge in [-0.2, -0.15) is 0 Å². The fourth-order valence-electron chi connectivity index (χ4n) is 3.43. The number of carbonyl (C=O) groups is 2. The number of hydrogen-bond acceptors (Lipinski definition) is 2. The standard InChI is InChI=1S/C16H18FNO3/c17-13-2-1-3-14-12(13)8-9-18(14)15(19)10-4-6-11(7-5-10)16(20)21/h1-3,10-11H,4-9H2,(H,20,21). The molecule has 1 fully saturated rings. The lowest BCUT2D eigenvalue weighted by atomic mass is 9.81. The summed E-state index contributed by atoms with van der Waals surface area (Å²) in [6.07, 6.45) is 2.87. The Labute approximate surface area is 122 Å². The molecule has 1 saturated carbocycles. The highest BCUT2D eigenvalue weighted by molar-refractivity contribution is 5.97. The molecule has 0 saturated heterocycles. The maximum Gasteiger partial charge on any atom is 0.306 e. The minimum absolute atomic E-state index is 0.0168. The molecule has 0 bridgehead atoms. The van der Waals surface area contributed by atoms with Gasteiger partial charge in [-0.25, -0.2) is 4.39 Å². The van der Waals surface area contributed by atoms with Crippen molar-refractivity contribution in [1.29, 1.82) is 0 Å². The van der Waals surface area contributed by atoms with Crippen LogP contribution in [0, 0.1) is 17.7 Å². The first-order chi connectivity index (χ1) is 10.1. The van der Waals surface area contributed by atoms with Crippen LogP contribution in [0.1, 0.15) is 31.2 Å². The lowest BCUT2D eigenvalue weighted by Gasteiger charge is -2.29. The Kier molecular flexibility index (Phi) is 3.66. The Morgan fingerprint density at radius 2 is 1.81 bits per heavy atom. The van der Waals surface area contributed by atoms with E-state index in [1.165, 1.54) is 6.07 Å². The molecule has 0 unspecified atom stereocenters. The van der Waals surface area contributed by atoms with Crippen LogP contribution >= 0.6 is 0 Å². The smallest absolute Gasteiger partial charge is 0.306 e. The molecule has 21 heavy (non-hydrogen) atoms. The van der Waals surface area contributed by atoms with E-state index in [-0.39, 0.29) is 23.6 Å². The van der Waals surface area contributed by atoms with Crippen molar-refractivity contribution in [3.8, 4) is 0 Å². The second-order valence-corrected chi connectivity index (χ2v) is 5.86. The van der Waals surface area contributed by atoms with Crippen LogP contribution in [0.15, 0.2) is 18.2 Å². The molecule has 1 aliphatic heterocycles. The topological polar surface area (TPSA) is 57.6 Å². The van der Waals surface area contributed by atoms with Gasteiger partial charge in [-0.15, -0.1) is 0 Å². The average Bonchev–Trinajstić information content (AvgIpc) is 2.92. The summed E-state index contributed by atoms with van der Waals surface area (Å²) in [5, 5.41) is 9.00. The molecular weight excluding hydrogens is 273 g/mol. The number of benzene rings is 1. The van der Waals surface area contributed by atoms with E-state index in [0.29, 0.717) is 49.9 Å². The van der Waals surface area contributed by atoms with E-state index in [1.54, 1.807) is 17.0 Å². The summed E-state index contributed by atoms with van der Waals surface area (Å²) in [4.78, 5) is 25.2. The van der Waals surface area contributed by atoms with E-state index in [0.717, 1.165) is 0 Å². The number of rotatable bonds is 2. The van der Waals surface area contributed by atoms with Crippen LogP contribution in [0.5, 0.6) is 0 Å². The molecular formula is C16H18FNO3. The first kappa shape index (κ1) is 14.0. The number of amides is 1. The molecule has 5 heteroatoms. The molecule has 1 aromatic carbocycles. The summed E-state index contributed by atoms with van der Waals surface area (Å²) in [6.45, 7) is 0.522. The van der Waals surface area contributed by atoms with Crippen LogP contribution in [-0.2, 0) is 16.0 Å². The highest BCUT2D eigenvalue weighted by atomic mass is 19.1. The number of carbonyl (C=O) groups excluding carboxylic acids is 1. The van der Waals surface area contributed by atoms with Gasteiger partial charge in [0, 0.05) is 23.7 Å². The second kappa shape index (κ2) is 5.47. The van der Waals surface area contributed by atoms with Crippen molar-refractivity contribution in [3.63, 3.8) is 0 Å². The summed E-state index contributed by atoms with van der Waals surface area (Å²) in [6, 6.07) is 4.83. The van der Waals surface area contributed by atoms with Crippen molar-refractivity contribution < 1.29 is 19.1 Å². The number of halogens is 1. The van der Waals surface area contributed by atoms with Gasteiger partial charge in [0.25, 0.3) is 0 Å². The van der Waals surface area contributed by atoms with E-state index in [2.05, 4.69) is 0 Å². The first-order valence-corrected chi connectivity index (χ1v) is 7.39. The number of carboxylic acid groups (broad SMARTS) is 1. The van der Waals surface area contributed by atoms with Crippen LogP contribution in [0.2, 0.25) is 0 Å². The zero-order valence-electron chi connectivity index (χ0n) is 11.7. The molecule has 1 amide bonds. The highest BCUT2D eigenvalue weighted by Crippen LogP contribution is 2.35. The van der Waals surface area contributed by atoms with Crippen molar-refractivity contribution in [1.82, 2.24) is 0 Å². The number of carboxylic acids is 1. The molecule has 2 aliphatic rings. The Hall–Kier alpha value is -1.91. The molecule has 1 heterocycles. The first-order valence-electron chi connectivity index (χ1n) is 7.39. The van der Waals surface area contributed by atoms with E-state index in [4.69, 9.17) is 5.11 Å². The monoisotopic (exact) mass is 291 g/mol. The average molecular weight is 291 g/mol. The molecule has 1 N–H and O–H groups in total. The van der Waals surface area contributed by atoms with Gasteiger partial charge in [-0.05, 0) is 44.2 Å². The molecule has 3 rings (SSSR count). The fourth-order valence-corrected chi connectivity index (χ4v) is 3.43. The van der Waals surface area contributed by atoms with Crippen molar-refractivity contribution in [2.24, 2.45) is 11.8 Å². The van der Waals surface area contributed by atoms with Gasteiger partial charge < -0.3 is 10.0 Å². The minimum atomic E-state index is -0.769. The van der Waals surface area contributed by atoms with Crippen LogP contribution in [0.3, 0.4) is 0 Å². The third-order valence-electron chi connectivity index (χ3n) is 4.66. The zero-order chi connectivity index (χ0) is 15.0. The molecule has 0 atom stereocenters. The molecule has 112 valence electrons. The van der Waals surface area contributed by atoms with Crippen LogP contribution in [0.4, 0.5) is 10.1 Å². The summed E-state index contributed by atoms with van der Waals surface area (Å²) in [5.74, 6) is -1.46. The summed E-state index contributed by atoms with van der Waals surface area (Å²) in [5.41, 5.74) is 1.30. The fraction of sp³-hybridized carbons (Fsp3) is 0.500. The Morgan fingerprint density at radius 3 is 2.48 bits per heavy atom. The van der Waals surface area contributed by atoms with Gasteiger partial charge in [0.05, 0.1) is 5.92 Å². The van der Waals surface area contributed by atoms with E-state index >= 15 is 0 Å². The van der Waals surface area contributed by atoms with Crippen LogP contribution in [-0.4, -0.2) is 23.5 Å². The predicted octanol–water partition coefficient (Wildman–Crippen LogP) is 2.61. The zero-order valence-corrected chi connectivity index (χ0v) is 11.7. The molecule has 1 aromatic rings. The molecule has 4 nitrogen and oxygen atoms in total. The molecule has 0 spiro atoms. The van der Waals surface area contributed by atoms with E-state index in [1.807, 2.05) is 0 Å². The molecule has 1 aliphatic carbocycles. The number of aliphatic carboxylic acids is 1. The van der Waals surface area contributed by atoms with Crippen molar-refractivity contribution in [2.45, 2.75) is 32.1 Å². The van der Waals surface area contributed by atoms with E-state index < -0.39 is 5.97 Å². The summed E-state index contributed by atoms with van der Waals surface area (Å²) in [7, 11) is 0. The summed E-state index contributed by atoms with van der Waals surface area (Å²) < 4.78 is 13.7. The summed E-state index contributed by atoms with van der Waals surface area (Å²) >= 11 is 0. The maximum absolute atomic E-state index is 13.7. The largest absolute Gasteiger partial charge is 0.481 e. The Balaban J connectivity index is 1.71. The van der Waals surface area contributed by atoms with Crippen LogP contribution in [0.25, 0.3) is 0 Å². The van der Waals surface area contributed by atoms with E-state index in [9.17, 15) is 14.0 Å². The second-order valence-electron chi connectivity index (χ2n) is 5.86. The van der Waals surface area contributed by atoms with Crippen molar-refractivity contribution in [2.75, 3.05) is 11.4 Å². The predicted molar refractivity (Wildman–Crippen MR) is 75.5 cm³/mol. The van der Waals surface area contributed by atoms with Gasteiger partial charge in [0.15, 0.2) is 0 Å². The number of fused-ring (bicyclic) bond motifs is 1. The van der Waals surface area contributed by atoms with Gasteiger partial charge in [0.2, 0.25) is 5.91 Å². The Bertz CT molecular complexity index is 579. The third-order valence-corrected chi connectivity index (χ3v) is 4.66. The molecule has 0 radical (unpaired) electrons. The lowest BCUT2D eigenvalue weighted by Crippen LogP contribution is -2.37. The SMILES string of the molecule is O=C(O)C1CCC(C(=O)N2CCc3c(F)cccc32)CC1. The minimum Gasteiger partial charge on any atom is -0.481 e.